The first-order valence-electron chi connectivity index (χ1n) is 4.60. The van der Waals surface area contributed by atoms with E-state index in [1.165, 1.54) is 0 Å². The van der Waals surface area contributed by atoms with Crippen LogP contribution in [0.15, 0.2) is 61.3 Å². The quantitative estimate of drug-likeness (QED) is 0.649. The molecule has 0 amide bonds. The molecule has 0 aliphatic heterocycles. The molecule has 0 N–H and O–H groups in total. The molecule has 0 unspecified atom stereocenters. The highest BCUT2D eigenvalue weighted by molar-refractivity contribution is 5.38. The molecular formula is C13H12BrN. The summed E-state index contributed by atoms with van der Waals surface area (Å²) in [5.41, 5.74) is 2.25. The van der Waals surface area contributed by atoms with Crippen LogP contribution >= 0.6 is 0 Å². The number of aromatic nitrogens is 1. The lowest BCUT2D eigenvalue weighted by atomic mass is 10.2. The smallest absolute Gasteiger partial charge is 0.211 e. The van der Waals surface area contributed by atoms with Crippen LogP contribution in [0.5, 0.6) is 0 Å². The van der Waals surface area contributed by atoms with E-state index in [9.17, 15) is 0 Å². The van der Waals surface area contributed by atoms with Crippen LogP contribution in [0.25, 0.3) is 11.8 Å². The normalized spacial score (nSPS) is 9.07. The molecule has 0 saturated carbocycles. The Labute approximate surface area is 100 Å². The molecule has 0 aliphatic rings. The zero-order valence-corrected chi connectivity index (χ0v) is 9.89. The molecule has 1 heterocycles. The van der Waals surface area contributed by atoms with E-state index in [4.69, 9.17) is 0 Å². The van der Waals surface area contributed by atoms with Crippen LogP contribution in [-0.4, -0.2) is 0 Å². The van der Waals surface area contributed by atoms with E-state index in [-0.39, 0.29) is 17.0 Å². The molecule has 15 heavy (non-hydrogen) atoms. The van der Waals surface area contributed by atoms with Crippen molar-refractivity contribution in [2.75, 3.05) is 0 Å². The number of hydrogen-bond donors (Lipinski definition) is 0. The van der Waals surface area contributed by atoms with Gasteiger partial charge in [0.2, 0.25) is 11.4 Å². The molecule has 0 saturated heterocycles. The van der Waals surface area contributed by atoms with Crippen LogP contribution in [0, 0.1) is 0 Å². The van der Waals surface area contributed by atoms with Crippen molar-refractivity contribution in [2.45, 2.75) is 0 Å². The van der Waals surface area contributed by atoms with E-state index >= 15 is 0 Å². The van der Waals surface area contributed by atoms with Crippen LogP contribution in [0.2, 0.25) is 0 Å². The number of para-hydroxylation sites is 1. The van der Waals surface area contributed by atoms with Gasteiger partial charge in [-0.3, -0.25) is 0 Å². The molecule has 76 valence electrons. The van der Waals surface area contributed by atoms with Gasteiger partial charge < -0.3 is 17.0 Å². The largest absolute Gasteiger partial charge is 1.00 e. The Balaban J connectivity index is 0.00000112. The maximum Gasteiger partial charge on any atom is 0.211 e. The Morgan fingerprint density at radius 1 is 0.933 bits per heavy atom. The average molecular weight is 262 g/mol. The summed E-state index contributed by atoms with van der Waals surface area (Å²) in [6.45, 7) is 3.80. The molecular weight excluding hydrogens is 250 g/mol. The first-order valence-corrected chi connectivity index (χ1v) is 4.60. The number of hydrogen-bond acceptors (Lipinski definition) is 0. The Kier molecular flexibility index (Phi) is 4.25. The van der Waals surface area contributed by atoms with Crippen LogP contribution in [0.3, 0.4) is 0 Å². The Bertz CT molecular complexity index is 437. The van der Waals surface area contributed by atoms with Gasteiger partial charge in [-0.1, -0.05) is 24.8 Å². The summed E-state index contributed by atoms with van der Waals surface area (Å²) in [5.74, 6) is 0. The molecule has 0 spiro atoms. The van der Waals surface area contributed by atoms with Gasteiger partial charge >= 0.3 is 0 Å². The lowest BCUT2D eigenvalue weighted by molar-refractivity contribution is -0.597. The number of benzene rings is 1. The van der Waals surface area contributed by atoms with Crippen LogP contribution in [0.4, 0.5) is 0 Å². The van der Waals surface area contributed by atoms with Gasteiger partial charge in [0.05, 0.1) is 0 Å². The predicted octanol–water partition coefficient (Wildman–Crippen LogP) is -0.390. The van der Waals surface area contributed by atoms with Crippen molar-refractivity contribution in [1.82, 2.24) is 0 Å². The van der Waals surface area contributed by atoms with Crippen LogP contribution < -0.4 is 21.5 Å². The molecule has 0 radical (unpaired) electrons. The molecule has 0 fully saturated rings. The maximum absolute atomic E-state index is 3.80. The van der Waals surface area contributed by atoms with E-state index in [1.807, 2.05) is 48.7 Å². The first kappa shape index (κ1) is 11.7. The molecule has 2 aromatic rings. The zero-order valence-electron chi connectivity index (χ0n) is 8.31. The van der Waals surface area contributed by atoms with Gasteiger partial charge in [0.1, 0.15) is 0 Å². The summed E-state index contributed by atoms with van der Waals surface area (Å²) in [7, 11) is 0. The monoisotopic (exact) mass is 261 g/mol. The Hall–Kier alpha value is -1.41. The second-order valence-corrected chi connectivity index (χ2v) is 3.04. The summed E-state index contributed by atoms with van der Waals surface area (Å²) in [6, 6.07) is 16.3. The second-order valence-electron chi connectivity index (χ2n) is 3.04. The minimum atomic E-state index is 0. The number of nitrogens with zero attached hydrogens (tertiary/aromatic N) is 1. The summed E-state index contributed by atoms with van der Waals surface area (Å²) < 4.78 is 2.10. The summed E-state index contributed by atoms with van der Waals surface area (Å²) in [6.07, 6.45) is 3.89. The molecule has 0 aliphatic carbocycles. The lowest BCUT2D eigenvalue weighted by Gasteiger charge is -1.97. The fourth-order valence-corrected chi connectivity index (χ4v) is 1.45. The standard InChI is InChI=1S/C13H12N.BrH/c1-2-12-8-6-7-11-14(12)13-9-4-3-5-10-13;/h2-11H,1H2;1H/q+1;/p-1. The zero-order chi connectivity index (χ0) is 9.80. The van der Waals surface area contributed by atoms with Crippen LogP contribution in [-0.2, 0) is 0 Å². The summed E-state index contributed by atoms with van der Waals surface area (Å²) >= 11 is 0. The van der Waals surface area contributed by atoms with Gasteiger partial charge in [-0.25, -0.2) is 0 Å². The van der Waals surface area contributed by atoms with E-state index in [1.54, 1.807) is 0 Å². The Morgan fingerprint density at radius 2 is 1.60 bits per heavy atom. The fourth-order valence-electron chi connectivity index (χ4n) is 1.45. The molecule has 1 aromatic heterocycles. The molecule has 0 bridgehead atoms. The minimum Gasteiger partial charge on any atom is -1.00 e. The van der Waals surface area contributed by atoms with Gasteiger partial charge in [0.15, 0.2) is 6.20 Å². The van der Waals surface area contributed by atoms with E-state index in [2.05, 4.69) is 23.3 Å². The lowest BCUT2D eigenvalue weighted by Crippen LogP contribution is -3.00. The molecule has 2 heteroatoms. The number of halogens is 1. The predicted molar refractivity (Wildman–Crippen MR) is 58.1 cm³/mol. The van der Waals surface area contributed by atoms with Gasteiger partial charge in [0.25, 0.3) is 0 Å². The third-order valence-electron chi connectivity index (χ3n) is 2.13. The van der Waals surface area contributed by atoms with E-state index in [0.29, 0.717) is 0 Å². The van der Waals surface area contributed by atoms with Crippen molar-refractivity contribution in [2.24, 2.45) is 0 Å². The Morgan fingerprint density at radius 3 is 2.27 bits per heavy atom. The molecule has 1 aromatic carbocycles. The minimum absolute atomic E-state index is 0. The highest BCUT2D eigenvalue weighted by Gasteiger charge is 2.07. The van der Waals surface area contributed by atoms with E-state index in [0.717, 1.165) is 11.4 Å². The number of pyridine rings is 1. The average Bonchev–Trinajstić information content (AvgIpc) is 2.30. The summed E-state index contributed by atoms with van der Waals surface area (Å²) in [4.78, 5) is 0. The van der Waals surface area contributed by atoms with Crippen molar-refractivity contribution in [3.8, 4) is 5.69 Å². The molecule has 1 nitrogen and oxygen atoms in total. The van der Waals surface area contributed by atoms with Gasteiger partial charge in [-0.05, 0) is 6.07 Å². The van der Waals surface area contributed by atoms with Crippen molar-refractivity contribution in [3.63, 3.8) is 0 Å². The first-order chi connectivity index (χ1) is 6.92. The third-order valence-corrected chi connectivity index (χ3v) is 2.13. The van der Waals surface area contributed by atoms with Crippen molar-refractivity contribution >= 4 is 6.08 Å². The highest BCUT2D eigenvalue weighted by atomic mass is 79.9. The second kappa shape index (κ2) is 5.47. The van der Waals surface area contributed by atoms with Gasteiger partial charge in [-0.2, -0.15) is 4.57 Å². The highest BCUT2D eigenvalue weighted by Crippen LogP contribution is 2.01. The molecule has 2 rings (SSSR count). The van der Waals surface area contributed by atoms with Gasteiger partial charge in [-0.15, -0.1) is 0 Å². The van der Waals surface area contributed by atoms with Gasteiger partial charge in [0, 0.05) is 30.3 Å². The maximum atomic E-state index is 3.80. The van der Waals surface area contributed by atoms with E-state index < -0.39 is 0 Å². The topological polar surface area (TPSA) is 3.88 Å². The van der Waals surface area contributed by atoms with Crippen molar-refractivity contribution in [3.05, 3.63) is 67.0 Å². The number of rotatable bonds is 2. The van der Waals surface area contributed by atoms with Crippen molar-refractivity contribution in [1.29, 1.82) is 0 Å². The van der Waals surface area contributed by atoms with Crippen LogP contribution in [0.1, 0.15) is 5.69 Å². The van der Waals surface area contributed by atoms with Crippen molar-refractivity contribution < 1.29 is 21.5 Å². The SMILES string of the molecule is C=Cc1cccc[n+]1-c1ccccc1.[Br-]. The summed E-state index contributed by atoms with van der Waals surface area (Å²) in [5, 5.41) is 0. The fraction of sp³-hybridized carbons (Fsp3) is 0. The molecule has 0 atom stereocenters. The third kappa shape index (κ3) is 2.54.